The van der Waals surface area contributed by atoms with Crippen LogP contribution < -0.4 is 26.4 Å². The van der Waals surface area contributed by atoms with E-state index in [9.17, 15) is 14.4 Å². The van der Waals surface area contributed by atoms with Gasteiger partial charge in [-0.25, -0.2) is 0 Å². The number of rotatable bonds is 6. The molecule has 3 unspecified atom stereocenters. The zero-order valence-corrected chi connectivity index (χ0v) is 18.6. The van der Waals surface area contributed by atoms with Crippen LogP contribution in [0.4, 0.5) is 11.4 Å². The third-order valence-electron chi connectivity index (χ3n) is 6.21. The molecule has 168 valence electrons. The van der Waals surface area contributed by atoms with E-state index >= 15 is 0 Å². The summed E-state index contributed by atoms with van der Waals surface area (Å²) in [5.74, 6) is -1.09. The Kier molecular flexibility index (Phi) is 5.83. The molecule has 0 radical (unpaired) electrons. The van der Waals surface area contributed by atoms with Crippen LogP contribution >= 0.6 is 11.6 Å². The second kappa shape index (κ2) is 8.44. The number of hydrogen-bond acceptors (Lipinski definition) is 5. The standard InChI is InChI=1S/C23H25ClN4O4/c1-12-9-13(24)10-17-20(12)27-22(31)23(17)18(11-15(28-23)5-8-19(25)29)21(30)26-14-3-6-16(32-2)7-4-14/h3-4,6-7,9-10,15,18,28H,5,8,11H2,1-2H3,(H2,25,29)(H,26,30)(H,27,31). The number of fused-ring (bicyclic) bond motifs is 2. The quantitative estimate of drug-likeness (QED) is 0.532. The summed E-state index contributed by atoms with van der Waals surface area (Å²) < 4.78 is 5.16. The number of carbonyl (C=O) groups excluding carboxylic acids is 3. The van der Waals surface area contributed by atoms with Crippen molar-refractivity contribution in [2.75, 3.05) is 17.7 Å². The second-order valence-electron chi connectivity index (χ2n) is 8.26. The first-order valence-corrected chi connectivity index (χ1v) is 10.8. The molecule has 9 heteroatoms. The molecule has 3 amide bonds. The molecule has 0 saturated carbocycles. The lowest BCUT2D eigenvalue weighted by Crippen LogP contribution is -2.52. The van der Waals surface area contributed by atoms with Gasteiger partial charge in [-0.1, -0.05) is 11.6 Å². The van der Waals surface area contributed by atoms with E-state index in [2.05, 4.69) is 16.0 Å². The van der Waals surface area contributed by atoms with Gasteiger partial charge in [0.05, 0.1) is 13.0 Å². The summed E-state index contributed by atoms with van der Waals surface area (Å²) in [4.78, 5) is 38.1. The topological polar surface area (TPSA) is 123 Å². The predicted octanol–water partition coefficient (Wildman–Crippen LogP) is 2.69. The molecule has 0 aliphatic carbocycles. The fourth-order valence-corrected chi connectivity index (χ4v) is 4.97. The summed E-state index contributed by atoms with van der Waals surface area (Å²) in [6.45, 7) is 1.86. The molecule has 0 aromatic heterocycles. The van der Waals surface area contributed by atoms with Gasteiger partial charge in [0.2, 0.25) is 17.7 Å². The fourth-order valence-electron chi connectivity index (χ4n) is 4.70. The van der Waals surface area contributed by atoms with Crippen molar-refractivity contribution in [3.8, 4) is 5.75 Å². The Morgan fingerprint density at radius 1 is 1.28 bits per heavy atom. The number of anilines is 2. The van der Waals surface area contributed by atoms with E-state index in [4.69, 9.17) is 22.1 Å². The van der Waals surface area contributed by atoms with Gasteiger partial charge in [-0.15, -0.1) is 0 Å². The first-order chi connectivity index (χ1) is 15.2. The maximum absolute atomic E-state index is 13.5. The number of benzene rings is 2. The smallest absolute Gasteiger partial charge is 0.250 e. The van der Waals surface area contributed by atoms with Gasteiger partial charge in [-0.2, -0.15) is 0 Å². The monoisotopic (exact) mass is 456 g/mol. The molecule has 2 aliphatic rings. The molecule has 1 spiro atoms. The average Bonchev–Trinajstić information content (AvgIpc) is 3.27. The molecule has 2 heterocycles. The number of hydrogen-bond donors (Lipinski definition) is 4. The van der Waals surface area contributed by atoms with Crippen molar-refractivity contribution < 1.29 is 19.1 Å². The number of amides is 3. The van der Waals surface area contributed by atoms with Gasteiger partial charge in [0, 0.05) is 34.4 Å². The number of nitrogens with one attached hydrogen (secondary N) is 3. The van der Waals surface area contributed by atoms with Crippen molar-refractivity contribution in [1.29, 1.82) is 0 Å². The third-order valence-corrected chi connectivity index (χ3v) is 6.43. The Balaban J connectivity index is 1.71. The molecule has 2 aromatic rings. The van der Waals surface area contributed by atoms with Crippen LogP contribution in [0.3, 0.4) is 0 Å². The highest BCUT2D eigenvalue weighted by atomic mass is 35.5. The van der Waals surface area contributed by atoms with Gasteiger partial charge in [-0.05, 0) is 61.7 Å². The zero-order chi connectivity index (χ0) is 23.0. The molecule has 8 nitrogen and oxygen atoms in total. The molecular formula is C23H25ClN4O4. The summed E-state index contributed by atoms with van der Waals surface area (Å²) in [5, 5.41) is 9.68. The summed E-state index contributed by atoms with van der Waals surface area (Å²) in [6, 6.07) is 10.2. The largest absolute Gasteiger partial charge is 0.497 e. The van der Waals surface area contributed by atoms with E-state index in [1.165, 1.54) is 0 Å². The summed E-state index contributed by atoms with van der Waals surface area (Å²) in [5.41, 5.74) is 6.74. The molecular weight excluding hydrogens is 432 g/mol. The second-order valence-corrected chi connectivity index (χ2v) is 8.70. The van der Waals surface area contributed by atoms with E-state index in [0.29, 0.717) is 40.6 Å². The number of primary amides is 1. The first-order valence-electron chi connectivity index (χ1n) is 10.4. The predicted molar refractivity (Wildman–Crippen MR) is 122 cm³/mol. The SMILES string of the molecule is COc1ccc(NC(=O)C2CC(CCC(N)=O)NC23C(=O)Nc2c(C)cc(Cl)cc23)cc1. The minimum Gasteiger partial charge on any atom is -0.497 e. The van der Waals surface area contributed by atoms with E-state index < -0.39 is 17.4 Å². The maximum Gasteiger partial charge on any atom is 0.250 e. The highest BCUT2D eigenvalue weighted by molar-refractivity contribution is 6.31. The number of halogens is 1. The third kappa shape index (κ3) is 3.80. The fraction of sp³-hybridized carbons (Fsp3) is 0.348. The van der Waals surface area contributed by atoms with E-state index in [-0.39, 0.29) is 24.3 Å². The van der Waals surface area contributed by atoms with Crippen LogP contribution in [0, 0.1) is 12.8 Å². The molecule has 4 rings (SSSR count). The molecule has 3 atom stereocenters. The minimum absolute atomic E-state index is 0.156. The number of methoxy groups -OCH3 is 1. The van der Waals surface area contributed by atoms with Crippen molar-refractivity contribution in [3.05, 3.63) is 52.5 Å². The van der Waals surface area contributed by atoms with Crippen LogP contribution in [0.2, 0.25) is 5.02 Å². The van der Waals surface area contributed by atoms with Gasteiger partial charge < -0.3 is 21.1 Å². The normalized spacial score (nSPS) is 23.7. The van der Waals surface area contributed by atoms with Gasteiger partial charge >= 0.3 is 0 Å². The van der Waals surface area contributed by atoms with Crippen molar-refractivity contribution >= 4 is 40.7 Å². The molecule has 1 saturated heterocycles. The van der Waals surface area contributed by atoms with Crippen LogP contribution in [0.1, 0.15) is 30.4 Å². The van der Waals surface area contributed by atoms with Crippen molar-refractivity contribution in [1.82, 2.24) is 5.32 Å². The van der Waals surface area contributed by atoms with E-state index in [1.54, 1.807) is 43.5 Å². The van der Waals surface area contributed by atoms with E-state index in [0.717, 1.165) is 5.56 Å². The number of carbonyl (C=O) groups is 3. The summed E-state index contributed by atoms with van der Waals surface area (Å²) in [6.07, 6.45) is 0.947. The maximum atomic E-state index is 13.5. The lowest BCUT2D eigenvalue weighted by Gasteiger charge is -2.29. The van der Waals surface area contributed by atoms with Gasteiger partial charge in [0.15, 0.2) is 0 Å². The van der Waals surface area contributed by atoms with Crippen LogP contribution in [0.25, 0.3) is 0 Å². The lowest BCUT2D eigenvalue weighted by atomic mass is 9.79. The van der Waals surface area contributed by atoms with Crippen LogP contribution in [0.15, 0.2) is 36.4 Å². The Bertz CT molecular complexity index is 1090. The molecule has 2 aliphatic heterocycles. The highest BCUT2D eigenvalue weighted by Crippen LogP contribution is 2.49. The summed E-state index contributed by atoms with van der Waals surface area (Å²) >= 11 is 6.32. The average molecular weight is 457 g/mol. The highest BCUT2D eigenvalue weighted by Gasteiger charge is 2.60. The summed E-state index contributed by atoms with van der Waals surface area (Å²) in [7, 11) is 1.57. The van der Waals surface area contributed by atoms with Gasteiger partial charge in [-0.3, -0.25) is 19.7 Å². The first kappa shape index (κ1) is 22.1. The van der Waals surface area contributed by atoms with Crippen LogP contribution in [-0.4, -0.2) is 30.9 Å². The zero-order valence-electron chi connectivity index (χ0n) is 17.8. The Morgan fingerprint density at radius 2 is 2.00 bits per heavy atom. The molecule has 32 heavy (non-hydrogen) atoms. The minimum atomic E-state index is -1.29. The van der Waals surface area contributed by atoms with Gasteiger partial charge in [0.1, 0.15) is 11.3 Å². The van der Waals surface area contributed by atoms with Crippen molar-refractivity contribution in [3.63, 3.8) is 0 Å². The Hall–Kier alpha value is -3.10. The number of nitrogens with two attached hydrogens (primary N) is 1. The van der Waals surface area contributed by atoms with Crippen LogP contribution in [0.5, 0.6) is 5.75 Å². The molecule has 1 fully saturated rings. The molecule has 2 aromatic carbocycles. The molecule has 5 N–H and O–H groups in total. The van der Waals surface area contributed by atoms with Crippen molar-refractivity contribution in [2.24, 2.45) is 11.7 Å². The van der Waals surface area contributed by atoms with Crippen molar-refractivity contribution in [2.45, 2.75) is 37.8 Å². The Labute approximate surface area is 190 Å². The lowest BCUT2D eigenvalue weighted by molar-refractivity contribution is -0.130. The number of ether oxygens (including phenoxy) is 1. The van der Waals surface area contributed by atoms with E-state index in [1.807, 2.05) is 6.92 Å². The Morgan fingerprint density at radius 3 is 2.66 bits per heavy atom. The molecule has 0 bridgehead atoms. The number of aryl methyl sites for hydroxylation is 1. The van der Waals surface area contributed by atoms with Gasteiger partial charge in [0.25, 0.3) is 0 Å². The van der Waals surface area contributed by atoms with Crippen LogP contribution in [-0.2, 0) is 19.9 Å².